The van der Waals surface area contributed by atoms with Crippen LogP contribution in [0.4, 0.5) is 17.1 Å². The molecule has 0 aliphatic heterocycles. The highest BCUT2D eigenvalue weighted by Gasteiger charge is 2.35. The van der Waals surface area contributed by atoms with Crippen LogP contribution in [0.2, 0.25) is 0 Å². The molecular weight excluding hydrogens is 643 g/mol. The van der Waals surface area contributed by atoms with E-state index in [0.717, 1.165) is 39.0 Å². The van der Waals surface area contributed by atoms with Crippen LogP contribution in [0.15, 0.2) is 180 Å². The average Bonchev–Trinajstić information content (AvgIpc) is 3.69. The fraction of sp³-hybridized carbons (Fsp3) is 0.0588. The summed E-state index contributed by atoms with van der Waals surface area (Å²) in [6.07, 6.45) is 0. The first-order valence-corrected chi connectivity index (χ1v) is 18.4. The van der Waals surface area contributed by atoms with Crippen LogP contribution in [0.3, 0.4) is 0 Å². The van der Waals surface area contributed by atoms with Crippen molar-refractivity contribution in [1.29, 1.82) is 0 Å². The van der Waals surface area contributed by atoms with Gasteiger partial charge in [0, 0.05) is 33.2 Å². The highest BCUT2D eigenvalue weighted by molar-refractivity contribution is 6.25. The lowest BCUT2D eigenvalue weighted by Gasteiger charge is -2.26. The molecule has 250 valence electrons. The molecule has 0 N–H and O–H groups in total. The maximum Gasteiger partial charge on any atom is 0.135 e. The van der Waals surface area contributed by atoms with Crippen LogP contribution in [0.5, 0.6) is 0 Å². The summed E-state index contributed by atoms with van der Waals surface area (Å²) in [5.41, 5.74) is 13.0. The Hall–Kier alpha value is -6.64. The predicted octanol–water partition coefficient (Wildman–Crippen LogP) is 14.5. The van der Waals surface area contributed by atoms with Gasteiger partial charge < -0.3 is 9.32 Å². The summed E-state index contributed by atoms with van der Waals surface area (Å²) >= 11 is 0. The van der Waals surface area contributed by atoms with Crippen molar-refractivity contribution in [2.24, 2.45) is 0 Å². The summed E-state index contributed by atoms with van der Waals surface area (Å²) < 4.78 is 6.26. The van der Waals surface area contributed by atoms with Gasteiger partial charge in [-0.1, -0.05) is 135 Å². The van der Waals surface area contributed by atoms with E-state index in [2.05, 4.69) is 183 Å². The molecule has 0 atom stereocenters. The first kappa shape index (κ1) is 30.0. The lowest BCUT2D eigenvalue weighted by Crippen LogP contribution is -2.14. The minimum atomic E-state index is -0.0415. The summed E-state index contributed by atoms with van der Waals surface area (Å²) in [6, 6.07) is 64.3. The van der Waals surface area contributed by atoms with Gasteiger partial charge in [0.25, 0.3) is 0 Å². The van der Waals surface area contributed by atoms with E-state index in [1.165, 1.54) is 65.7 Å². The van der Waals surface area contributed by atoms with E-state index in [4.69, 9.17) is 4.42 Å². The highest BCUT2D eigenvalue weighted by Crippen LogP contribution is 2.50. The molecule has 0 radical (unpaired) electrons. The summed E-state index contributed by atoms with van der Waals surface area (Å²) in [7, 11) is 0. The molecule has 1 aliphatic carbocycles. The van der Waals surface area contributed by atoms with E-state index in [1.54, 1.807) is 0 Å². The fourth-order valence-corrected chi connectivity index (χ4v) is 9.02. The standard InChI is InChI=1S/C51H35NO/c1-51(2)47-17-9-7-15-42(47)43-26-21-33(29-48(43)51)32-19-22-34(23-20-32)52(36-25-28-50-46(31-36)44-16-8-10-18-49(44)53-50)35-24-27-41-39-13-4-3-11-37(39)38-12-5-6-14-40(38)45(41)30-35/h3-31H,1-2H3. The number of rotatable bonds is 4. The van der Waals surface area contributed by atoms with Crippen LogP contribution in [0.25, 0.3) is 76.5 Å². The minimum absolute atomic E-state index is 0.0415. The zero-order valence-electron chi connectivity index (χ0n) is 29.6. The molecule has 0 bridgehead atoms. The molecule has 10 aromatic rings. The number of benzene rings is 9. The molecule has 0 saturated heterocycles. The van der Waals surface area contributed by atoms with Crippen molar-refractivity contribution in [3.05, 3.63) is 187 Å². The van der Waals surface area contributed by atoms with Gasteiger partial charge in [-0.15, -0.1) is 0 Å². The number of para-hydroxylation sites is 1. The molecule has 0 spiro atoms. The van der Waals surface area contributed by atoms with Crippen LogP contribution >= 0.6 is 0 Å². The molecule has 0 amide bonds. The number of fused-ring (bicyclic) bond motifs is 12. The molecule has 1 heterocycles. The van der Waals surface area contributed by atoms with E-state index >= 15 is 0 Å². The van der Waals surface area contributed by atoms with Gasteiger partial charge >= 0.3 is 0 Å². The zero-order valence-corrected chi connectivity index (χ0v) is 29.6. The molecule has 11 rings (SSSR count). The lowest BCUT2D eigenvalue weighted by atomic mass is 9.81. The Morgan fingerprint density at radius 1 is 0.358 bits per heavy atom. The molecule has 1 aromatic heterocycles. The monoisotopic (exact) mass is 677 g/mol. The molecule has 2 heteroatoms. The third-order valence-electron chi connectivity index (χ3n) is 11.6. The van der Waals surface area contributed by atoms with Crippen LogP contribution in [0, 0.1) is 0 Å². The van der Waals surface area contributed by atoms with Crippen molar-refractivity contribution < 1.29 is 4.42 Å². The van der Waals surface area contributed by atoms with Crippen LogP contribution in [-0.4, -0.2) is 0 Å². The SMILES string of the molecule is CC1(C)c2ccccc2-c2ccc(-c3ccc(N(c4ccc5oc6ccccc6c5c4)c4ccc5c6ccccc6c6ccccc6c5c4)cc3)cc21. The Morgan fingerprint density at radius 2 is 0.868 bits per heavy atom. The van der Waals surface area contributed by atoms with Gasteiger partial charge in [0.1, 0.15) is 11.2 Å². The quantitative estimate of drug-likeness (QED) is 0.172. The van der Waals surface area contributed by atoms with Crippen LogP contribution in [0.1, 0.15) is 25.0 Å². The third-order valence-corrected chi connectivity index (χ3v) is 11.6. The smallest absolute Gasteiger partial charge is 0.135 e. The van der Waals surface area contributed by atoms with Gasteiger partial charge in [-0.3, -0.25) is 0 Å². The molecule has 0 fully saturated rings. The normalized spacial score (nSPS) is 13.2. The second-order valence-electron chi connectivity index (χ2n) is 14.9. The molecule has 1 aliphatic rings. The largest absolute Gasteiger partial charge is 0.456 e. The van der Waals surface area contributed by atoms with Gasteiger partial charge in [0.05, 0.1) is 0 Å². The summed E-state index contributed by atoms with van der Waals surface area (Å²) in [6.45, 7) is 4.69. The number of hydrogen-bond donors (Lipinski definition) is 0. The Labute approximate surface area is 308 Å². The lowest BCUT2D eigenvalue weighted by molar-refractivity contribution is 0.660. The van der Waals surface area contributed by atoms with Gasteiger partial charge in [0.15, 0.2) is 0 Å². The molecule has 0 unspecified atom stereocenters. The summed E-state index contributed by atoms with van der Waals surface area (Å²) in [5.74, 6) is 0. The molecular formula is C51H35NO. The Bertz CT molecular complexity index is 3060. The molecule has 2 nitrogen and oxygen atoms in total. The van der Waals surface area contributed by atoms with E-state index in [-0.39, 0.29) is 5.41 Å². The average molecular weight is 678 g/mol. The Balaban J connectivity index is 1.08. The summed E-state index contributed by atoms with van der Waals surface area (Å²) in [4.78, 5) is 2.39. The number of furan rings is 1. The third kappa shape index (κ3) is 4.45. The van der Waals surface area contributed by atoms with Crippen LogP contribution in [-0.2, 0) is 5.41 Å². The summed E-state index contributed by atoms with van der Waals surface area (Å²) in [5, 5.41) is 9.83. The highest BCUT2D eigenvalue weighted by atomic mass is 16.3. The Kier molecular flexibility index (Phi) is 6.33. The topological polar surface area (TPSA) is 16.4 Å². The number of nitrogens with zero attached hydrogens (tertiary/aromatic N) is 1. The van der Waals surface area contributed by atoms with Gasteiger partial charge in [-0.2, -0.15) is 0 Å². The second-order valence-corrected chi connectivity index (χ2v) is 14.9. The fourth-order valence-electron chi connectivity index (χ4n) is 9.02. The molecule has 9 aromatic carbocycles. The van der Waals surface area contributed by atoms with Crippen molar-refractivity contribution >= 4 is 71.3 Å². The van der Waals surface area contributed by atoms with Gasteiger partial charge in [-0.05, 0) is 120 Å². The first-order valence-electron chi connectivity index (χ1n) is 18.4. The first-order chi connectivity index (χ1) is 26.0. The maximum absolute atomic E-state index is 6.26. The molecule has 0 saturated carbocycles. The second kappa shape index (κ2) is 11.2. The van der Waals surface area contributed by atoms with Crippen molar-refractivity contribution in [3.63, 3.8) is 0 Å². The van der Waals surface area contributed by atoms with Crippen LogP contribution < -0.4 is 4.90 Å². The van der Waals surface area contributed by atoms with Crippen molar-refractivity contribution in [3.8, 4) is 22.3 Å². The van der Waals surface area contributed by atoms with E-state index < -0.39 is 0 Å². The van der Waals surface area contributed by atoms with E-state index in [1.807, 2.05) is 12.1 Å². The zero-order chi connectivity index (χ0) is 35.3. The molecule has 53 heavy (non-hydrogen) atoms. The van der Waals surface area contributed by atoms with Crippen molar-refractivity contribution in [1.82, 2.24) is 0 Å². The van der Waals surface area contributed by atoms with Crippen molar-refractivity contribution in [2.45, 2.75) is 19.3 Å². The number of hydrogen-bond acceptors (Lipinski definition) is 2. The van der Waals surface area contributed by atoms with Gasteiger partial charge in [0.2, 0.25) is 0 Å². The minimum Gasteiger partial charge on any atom is -0.456 e. The van der Waals surface area contributed by atoms with Gasteiger partial charge in [-0.25, -0.2) is 0 Å². The van der Waals surface area contributed by atoms with Crippen molar-refractivity contribution in [2.75, 3.05) is 4.90 Å². The maximum atomic E-state index is 6.26. The number of anilines is 3. The Morgan fingerprint density at radius 3 is 1.60 bits per heavy atom. The van der Waals surface area contributed by atoms with E-state index in [9.17, 15) is 0 Å². The van der Waals surface area contributed by atoms with E-state index in [0.29, 0.717) is 0 Å². The predicted molar refractivity (Wildman–Crippen MR) is 224 cm³/mol.